The molecule has 8 N–H and O–H groups in total. The van der Waals surface area contributed by atoms with E-state index in [1.807, 2.05) is 6.26 Å². The van der Waals surface area contributed by atoms with E-state index in [-0.39, 0.29) is 11.5 Å². The molecule has 0 rings (SSSR count). The monoisotopic (exact) mass is 469 g/mol. The van der Waals surface area contributed by atoms with E-state index >= 15 is 0 Å². The first kappa shape index (κ1) is 27.4. The number of amides is 4. The molecule has 0 spiro atoms. The number of nitrogens with two attached hydrogens (primary N) is 2. The molecule has 0 aromatic rings. The summed E-state index contributed by atoms with van der Waals surface area (Å²) in [4.78, 5) is 58.8. The third-order valence-corrected chi connectivity index (χ3v) is 4.99. The number of carbonyl (C=O) groups is 5. The molecule has 166 valence electrons. The summed E-state index contributed by atoms with van der Waals surface area (Å²) in [6.07, 6.45) is 1.68. The van der Waals surface area contributed by atoms with Crippen LogP contribution in [0.5, 0.6) is 0 Å². The van der Waals surface area contributed by atoms with Crippen molar-refractivity contribution in [2.45, 2.75) is 37.0 Å². The number of carboxylic acids is 1. The molecule has 0 aliphatic rings. The minimum atomic E-state index is -1.55. The number of nitrogens with one attached hydrogen (secondary N) is 3. The van der Waals surface area contributed by atoms with Gasteiger partial charge in [-0.3, -0.25) is 19.2 Å². The molecule has 0 bridgehead atoms. The van der Waals surface area contributed by atoms with Gasteiger partial charge in [0.15, 0.2) is 0 Å². The van der Waals surface area contributed by atoms with Gasteiger partial charge in [-0.25, -0.2) is 4.79 Å². The highest BCUT2D eigenvalue weighted by Gasteiger charge is 2.29. The summed E-state index contributed by atoms with van der Waals surface area (Å²) in [5, 5.41) is 16.0. The number of aliphatic carboxylic acids is 1. The van der Waals surface area contributed by atoms with Crippen LogP contribution in [0.25, 0.3) is 0 Å². The van der Waals surface area contributed by atoms with E-state index < -0.39 is 60.2 Å². The lowest BCUT2D eigenvalue weighted by atomic mass is 10.1. The number of carbonyl (C=O) groups excluding carboxylic acids is 4. The Morgan fingerprint density at radius 1 is 0.931 bits per heavy atom. The Balaban J connectivity index is 4.95. The number of thiol groups is 2. The van der Waals surface area contributed by atoms with Gasteiger partial charge in [-0.1, -0.05) is 0 Å². The van der Waals surface area contributed by atoms with Crippen LogP contribution in [0.2, 0.25) is 0 Å². The Morgan fingerprint density at radius 2 is 1.38 bits per heavy atom. The molecule has 0 aromatic heterocycles. The van der Waals surface area contributed by atoms with Crippen LogP contribution in [0, 0.1) is 0 Å². The zero-order valence-corrected chi connectivity index (χ0v) is 18.4. The van der Waals surface area contributed by atoms with E-state index in [0.29, 0.717) is 12.2 Å². The van der Waals surface area contributed by atoms with Crippen molar-refractivity contribution in [3.05, 3.63) is 0 Å². The maximum atomic E-state index is 12.4. The Kier molecular flexibility index (Phi) is 13.5. The summed E-state index contributed by atoms with van der Waals surface area (Å²) in [5.74, 6) is -4.06. The van der Waals surface area contributed by atoms with Gasteiger partial charge in [-0.05, 0) is 18.4 Å². The van der Waals surface area contributed by atoms with E-state index in [1.54, 1.807) is 0 Å². The van der Waals surface area contributed by atoms with Gasteiger partial charge >= 0.3 is 5.97 Å². The zero-order valence-electron chi connectivity index (χ0n) is 15.8. The van der Waals surface area contributed by atoms with E-state index in [2.05, 4.69) is 41.2 Å². The van der Waals surface area contributed by atoms with E-state index in [0.717, 1.165) is 0 Å². The fourth-order valence-corrected chi connectivity index (χ4v) is 2.99. The van der Waals surface area contributed by atoms with E-state index in [4.69, 9.17) is 16.6 Å². The Morgan fingerprint density at radius 3 is 1.76 bits per heavy atom. The van der Waals surface area contributed by atoms with Crippen LogP contribution in [0.3, 0.4) is 0 Å². The van der Waals surface area contributed by atoms with Crippen molar-refractivity contribution >= 4 is 66.6 Å². The highest BCUT2D eigenvalue weighted by molar-refractivity contribution is 7.98. The molecule has 0 radical (unpaired) electrons. The molecule has 0 aliphatic heterocycles. The Bertz CT molecular complexity index is 609. The van der Waals surface area contributed by atoms with Gasteiger partial charge in [0.05, 0.1) is 12.5 Å². The standard InChI is InChI=1S/C15H27N5O6S3/c1-29-3-2-7(16)12(22)19-9(5-27)14(24)20-10(6-28)13(23)18-8(15(25)26)4-11(17)21/h7-10,27-28H,2-6,16H2,1H3,(H2,17,21)(H,18,23)(H,19,22)(H,20,24)(H,25,26). The molecule has 11 nitrogen and oxygen atoms in total. The van der Waals surface area contributed by atoms with Gasteiger partial charge in [-0.15, -0.1) is 0 Å². The maximum Gasteiger partial charge on any atom is 0.326 e. The van der Waals surface area contributed by atoms with Crippen LogP contribution in [-0.2, 0) is 24.0 Å². The van der Waals surface area contributed by atoms with E-state index in [1.165, 1.54) is 11.8 Å². The molecule has 0 heterocycles. The van der Waals surface area contributed by atoms with Crippen LogP contribution in [0.4, 0.5) is 0 Å². The highest BCUT2D eigenvalue weighted by atomic mass is 32.2. The summed E-state index contributed by atoms with van der Waals surface area (Å²) in [7, 11) is 0. The number of rotatable bonds is 14. The molecule has 0 aliphatic carbocycles. The molecule has 0 saturated carbocycles. The van der Waals surface area contributed by atoms with Gasteiger partial charge in [-0.2, -0.15) is 37.0 Å². The summed E-state index contributed by atoms with van der Waals surface area (Å²) in [5.41, 5.74) is 10.7. The average molecular weight is 470 g/mol. The molecule has 14 heteroatoms. The third-order valence-electron chi connectivity index (χ3n) is 3.62. The van der Waals surface area contributed by atoms with Crippen LogP contribution in [0.15, 0.2) is 0 Å². The lowest BCUT2D eigenvalue weighted by Gasteiger charge is -2.23. The zero-order chi connectivity index (χ0) is 22.6. The molecule has 0 aromatic carbocycles. The molecule has 29 heavy (non-hydrogen) atoms. The molecule has 4 atom stereocenters. The topological polar surface area (TPSA) is 194 Å². The smallest absolute Gasteiger partial charge is 0.326 e. The van der Waals surface area contributed by atoms with Gasteiger partial charge in [0.25, 0.3) is 0 Å². The second kappa shape index (κ2) is 14.4. The minimum Gasteiger partial charge on any atom is -0.480 e. The van der Waals surface area contributed by atoms with Crippen molar-refractivity contribution in [2.24, 2.45) is 11.5 Å². The van der Waals surface area contributed by atoms with Crippen LogP contribution in [-0.4, -0.2) is 82.4 Å². The molecule has 0 saturated heterocycles. The van der Waals surface area contributed by atoms with Gasteiger partial charge < -0.3 is 32.5 Å². The van der Waals surface area contributed by atoms with Crippen molar-refractivity contribution in [1.82, 2.24) is 16.0 Å². The molecule has 4 unspecified atom stereocenters. The number of hydrogen-bond acceptors (Lipinski definition) is 9. The third kappa shape index (κ3) is 10.6. The summed E-state index contributed by atoms with van der Waals surface area (Å²) in [6, 6.07) is -4.63. The highest BCUT2D eigenvalue weighted by Crippen LogP contribution is 2.01. The number of carboxylic acid groups (broad SMARTS) is 1. The van der Waals surface area contributed by atoms with Gasteiger partial charge in [0.1, 0.15) is 18.1 Å². The Labute approximate surface area is 183 Å². The first-order valence-corrected chi connectivity index (χ1v) is 11.1. The van der Waals surface area contributed by atoms with Gasteiger partial charge in [0.2, 0.25) is 23.6 Å². The van der Waals surface area contributed by atoms with Crippen molar-refractivity contribution in [3.63, 3.8) is 0 Å². The van der Waals surface area contributed by atoms with Crippen molar-refractivity contribution in [1.29, 1.82) is 0 Å². The quantitative estimate of drug-likeness (QED) is 0.126. The average Bonchev–Trinajstić information content (AvgIpc) is 2.66. The van der Waals surface area contributed by atoms with Crippen molar-refractivity contribution < 1.29 is 29.1 Å². The van der Waals surface area contributed by atoms with E-state index in [9.17, 15) is 24.0 Å². The van der Waals surface area contributed by atoms with Gasteiger partial charge in [0, 0.05) is 11.5 Å². The predicted molar refractivity (Wildman–Crippen MR) is 116 cm³/mol. The maximum absolute atomic E-state index is 12.4. The SMILES string of the molecule is CSCCC(N)C(=O)NC(CS)C(=O)NC(CS)C(=O)NC(CC(N)=O)C(=O)O. The normalized spacial score (nSPS) is 14.8. The lowest BCUT2D eigenvalue weighted by molar-refractivity contribution is -0.143. The largest absolute Gasteiger partial charge is 0.480 e. The second-order valence-corrected chi connectivity index (χ2v) is 7.66. The van der Waals surface area contributed by atoms with Crippen LogP contribution in [0.1, 0.15) is 12.8 Å². The number of primary amides is 1. The first-order valence-electron chi connectivity index (χ1n) is 8.45. The summed E-state index contributed by atoms with van der Waals surface area (Å²) >= 11 is 9.52. The fourth-order valence-electron chi connectivity index (χ4n) is 1.99. The van der Waals surface area contributed by atoms with Crippen molar-refractivity contribution in [3.8, 4) is 0 Å². The summed E-state index contributed by atoms with van der Waals surface area (Å²) in [6.45, 7) is 0. The fraction of sp³-hybridized carbons (Fsp3) is 0.667. The predicted octanol–water partition coefficient (Wildman–Crippen LogP) is -2.66. The molecular formula is C15H27N5O6S3. The van der Waals surface area contributed by atoms with Crippen molar-refractivity contribution in [2.75, 3.05) is 23.5 Å². The number of hydrogen-bond donors (Lipinski definition) is 8. The van der Waals surface area contributed by atoms with Crippen LogP contribution >= 0.6 is 37.0 Å². The molecule has 0 fully saturated rings. The Hall–Kier alpha value is -1.64. The summed E-state index contributed by atoms with van der Waals surface area (Å²) < 4.78 is 0. The molecule has 4 amide bonds. The first-order chi connectivity index (χ1) is 13.6. The second-order valence-electron chi connectivity index (χ2n) is 5.95. The van der Waals surface area contributed by atoms with Crippen LogP contribution < -0.4 is 27.4 Å². The lowest BCUT2D eigenvalue weighted by Crippen LogP contribution is -2.58. The molecular weight excluding hydrogens is 442 g/mol. The number of thioether (sulfide) groups is 1. The minimum absolute atomic E-state index is 0.0623.